The molecule has 0 atom stereocenters. The van der Waals surface area contributed by atoms with Gasteiger partial charge in [0.05, 0.1) is 11.6 Å². The molecule has 0 radical (unpaired) electrons. The maximum Gasteiger partial charge on any atom is 0.282 e. The monoisotopic (exact) mass is 391 g/mol. The van der Waals surface area contributed by atoms with E-state index in [-0.39, 0.29) is 18.4 Å². The topological polar surface area (TPSA) is 84.5 Å². The van der Waals surface area contributed by atoms with E-state index < -0.39 is 10.2 Å². The van der Waals surface area contributed by atoms with Crippen molar-refractivity contribution in [3.63, 3.8) is 0 Å². The van der Waals surface area contributed by atoms with Crippen LogP contribution in [0.1, 0.15) is 0 Å². The summed E-state index contributed by atoms with van der Waals surface area (Å²) in [4.78, 5) is 29.3. The Morgan fingerprint density at radius 3 is 2.08 bits per heavy atom. The van der Waals surface area contributed by atoms with Crippen LogP contribution >= 0.6 is 11.8 Å². The number of piperazine rings is 2. The van der Waals surface area contributed by atoms with Gasteiger partial charge in [-0.1, -0.05) is 0 Å². The highest BCUT2D eigenvalue weighted by molar-refractivity contribution is 8.00. The van der Waals surface area contributed by atoms with Crippen LogP contribution in [0.2, 0.25) is 0 Å². The molecule has 3 heterocycles. The summed E-state index contributed by atoms with van der Waals surface area (Å²) in [5.74, 6) is 0.884. The lowest BCUT2D eigenvalue weighted by Crippen LogP contribution is -2.57. The number of thioether (sulfide) groups is 1. The third-order valence-electron chi connectivity index (χ3n) is 4.86. The molecule has 3 aliphatic rings. The van der Waals surface area contributed by atoms with Gasteiger partial charge in [0.15, 0.2) is 0 Å². The van der Waals surface area contributed by atoms with Gasteiger partial charge in [0, 0.05) is 52.4 Å². The smallest absolute Gasteiger partial charge is 0.282 e. The highest BCUT2D eigenvalue weighted by atomic mass is 32.2. The van der Waals surface area contributed by atoms with E-state index >= 15 is 0 Å². The minimum atomic E-state index is -3.45. The maximum atomic E-state index is 12.7. The lowest BCUT2D eigenvalue weighted by atomic mass is 10.3. The first-order valence-electron chi connectivity index (χ1n) is 8.45. The van der Waals surface area contributed by atoms with Crippen molar-refractivity contribution in [2.75, 3.05) is 77.6 Å². The molecule has 0 aromatic rings. The van der Waals surface area contributed by atoms with Gasteiger partial charge < -0.3 is 14.7 Å². The summed E-state index contributed by atoms with van der Waals surface area (Å²) in [6, 6.07) is 0. The molecular weight excluding hydrogens is 366 g/mol. The lowest BCUT2D eigenvalue weighted by molar-refractivity contribution is -0.138. The van der Waals surface area contributed by atoms with Gasteiger partial charge in [-0.15, -0.1) is 11.8 Å². The molecule has 25 heavy (non-hydrogen) atoms. The molecular formula is C14H25N5O4S2. The number of hydrogen-bond acceptors (Lipinski definition) is 6. The fourth-order valence-electron chi connectivity index (χ4n) is 3.15. The van der Waals surface area contributed by atoms with Gasteiger partial charge in [-0.2, -0.15) is 17.0 Å². The van der Waals surface area contributed by atoms with Gasteiger partial charge in [0.2, 0.25) is 11.8 Å². The molecule has 3 aliphatic heterocycles. The molecule has 0 unspecified atom stereocenters. The number of likely N-dealkylation sites (N-methyl/N-ethyl adjacent to an activating group) is 1. The summed E-state index contributed by atoms with van der Waals surface area (Å²) in [6.45, 7) is 3.95. The van der Waals surface area contributed by atoms with Crippen molar-refractivity contribution in [1.29, 1.82) is 0 Å². The van der Waals surface area contributed by atoms with Crippen molar-refractivity contribution in [1.82, 2.24) is 23.3 Å². The Hall–Kier alpha value is -0.880. The van der Waals surface area contributed by atoms with Gasteiger partial charge in [0.25, 0.3) is 10.2 Å². The van der Waals surface area contributed by atoms with Crippen molar-refractivity contribution in [2.24, 2.45) is 0 Å². The quantitative estimate of drug-likeness (QED) is 0.560. The molecule has 0 bridgehead atoms. The Morgan fingerprint density at radius 2 is 1.56 bits per heavy atom. The van der Waals surface area contributed by atoms with Crippen LogP contribution in [0.5, 0.6) is 0 Å². The molecule has 11 heteroatoms. The Bertz CT molecular complexity index is 613. The van der Waals surface area contributed by atoms with Crippen LogP contribution in [0.15, 0.2) is 0 Å². The second kappa shape index (κ2) is 7.78. The number of nitrogens with zero attached hydrogens (tertiary/aromatic N) is 5. The van der Waals surface area contributed by atoms with Crippen LogP contribution in [0.3, 0.4) is 0 Å². The first kappa shape index (κ1) is 18.9. The predicted octanol–water partition coefficient (Wildman–Crippen LogP) is -1.84. The molecule has 2 amide bonds. The second-order valence-corrected chi connectivity index (χ2v) is 9.44. The van der Waals surface area contributed by atoms with E-state index in [9.17, 15) is 18.0 Å². The van der Waals surface area contributed by atoms with Gasteiger partial charge in [-0.25, -0.2) is 0 Å². The van der Waals surface area contributed by atoms with Crippen molar-refractivity contribution in [3.8, 4) is 0 Å². The number of rotatable bonds is 4. The van der Waals surface area contributed by atoms with Crippen LogP contribution in [-0.4, -0.2) is 121 Å². The van der Waals surface area contributed by atoms with Crippen molar-refractivity contribution < 1.29 is 18.0 Å². The second-order valence-electron chi connectivity index (χ2n) is 6.56. The van der Waals surface area contributed by atoms with Gasteiger partial charge in [-0.3, -0.25) is 9.59 Å². The largest absolute Gasteiger partial charge is 0.339 e. The van der Waals surface area contributed by atoms with E-state index in [2.05, 4.69) is 4.90 Å². The highest BCUT2D eigenvalue weighted by Crippen LogP contribution is 2.17. The Morgan fingerprint density at radius 1 is 1.00 bits per heavy atom. The van der Waals surface area contributed by atoms with E-state index in [0.717, 1.165) is 13.1 Å². The summed E-state index contributed by atoms with van der Waals surface area (Å²) >= 11 is 1.51. The minimum absolute atomic E-state index is 0.00497. The molecule has 0 aliphatic carbocycles. The molecule has 0 aromatic carbocycles. The Balaban J connectivity index is 1.51. The predicted molar refractivity (Wildman–Crippen MR) is 95.2 cm³/mol. The van der Waals surface area contributed by atoms with E-state index in [0.29, 0.717) is 50.9 Å². The third kappa shape index (κ3) is 4.27. The first-order chi connectivity index (χ1) is 11.9. The number of carbonyl (C=O) groups excluding carboxylic acids is 2. The fraction of sp³-hybridized carbons (Fsp3) is 0.857. The van der Waals surface area contributed by atoms with Gasteiger partial charge in [0.1, 0.15) is 6.54 Å². The van der Waals surface area contributed by atoms with Crippen LogP contribution in [-0.2, 0) is 19.8 Å². The fourth-order valence-corrected chi connectivity index (χ4v) is 5.63. The van der Waals surface area contributed by atoms with E-state index in [1.54, 1.807) is 9.80 Å². The molecule has 3 saturated heterocycles. The van der Waals surface area contributed by atoms with E-state index in [4.69, 9.17) is 0 Å². The van der Waals surface area contributed by atoms with Crippen LogP contribution in [0.25, 0.3) is 0 Å². The minimum Gasteiger partial charge on any atom is -0.339 e. The van der Waals surface area contributed by atoms with Crippen molar-refractivity contribution in [2.45, 2.75) is 0 Å². The molecule has 142 valence electrons. The summed E-state index contributed by atoms with van der Waals surface area (Å²) < 4.78 is 28.4. The zero-order valence-electron chi connectivity index (χ0n) is 14.5. The summed E-state index contributed by atoms with van der Waals surface area (Å²) in [5, 5.41) is 0. The SMILES string of the molecule is CN1CCN(S(=O)(=O)N2CCN(C(=O)CN3CSCC3=O)CC2)CC1. The van der Waals surface area contributed by atoms with Gasteiger partial charge >= 0.3 is 0 Å². The molecule has 9 nitrogen and oxygen atoms in total. The summed E-state index contributed by atoms with van der Waals surface area (Å²) in [7, 11) is -1.47. The lowest BCUT2D eigenvalue weighted by Gasteiger charge is -2.39. The summed E-state index contributed by atoms with van der Waals surface area (Å²) in [6.07, 6.45) is 0. The molecule has 0 saturated carbocycles. The molecule has 0 N–H and O–H groups in total. The van der Waals surface area contributed by atoms with E-state index in [1.165, 1.54) is 20.4 Å². The van der Waals surface area contributed by atoms with Crippen molar-refractivity contribution in [3.05, 3.63) is 0 Å². The average molecular weight is 392 g/mol. The average Bonchev–Trinajstić information content (AvgIpc) is 3.00. The van der Waals surface area contributed by atoms with Crippen LogP contribution < -0.4 is 0 Å². The third-order valence-corrected chi connectivity index (χ3v) is 7.84. The standard InChI is InChI=1S/C14H25N5O4S2/c1-15-2-6-18(7-3-15)25(22,23)19-8-4-16(5-9-19)13(20)10-17-12-24-11-14(17)21/h2-12H2,1H3. The van der Waals surface area contributed by atoms with Crippen molar-refractivity contribution >= 4 is 33.8 Å². The van der Waals surface area contributed by atoms with Gasteiger partial charge in [-0.05, 0) is 7.05 Å². The van der Waals surface area contributed by atoms with E-state index in [1.807, 2.05) is 7.05 Å². The number of hydrogen-bond donors (Lipinski definition) is 0. The normalized spacial score (nSPS) is 24.9. The molecule has 0 aromatic heterocycles. The van der Waals surface area contributed by atoms with Crippen LogP contribution in [0.4, 0.5) is 0 Å². The zero-order valence-corrected chi connectivity index (χ0v) is 16.1. The molecule has 3 fully saturated rings. The number of carbonyl (C=O) groups is 2. The molecule has 0 spiro atoms. The zero-order chi connectivity index (χ0) is 18.0. The maximum absolute atomic E-state index is 12.7. The first-order valence-corrected chi connectivity index (χ1v) is 11.0. The Labute approximate surface area is 153 Å². The Kier molecular flexibility index (Phi) is 5.88. The highest BCUT2D eigenvalue weighted by Gasteiger charge is 2.35. The number of amides is 2. The molecule has 3 rings (SSSR count). The summed E-state index contributed by atoms with van der Waals surface area (Å²) in [5.41, 5.74) is 0. The van der Waals surface area contributed by atoms with Crippen LogP contribution in [0, 0.1) is 0 Å².